The number of fused-ring (bicyclic) bond motifs is 1. The molecule has 1 heterocycles. The second kappa shape index (κ2) is 3.67. The molecule has 2 aromatic rings. The first-order chi connectivity index (χ1) is 6.72. The molecule has 2 rings (SSSR count). The molecule has 0 aliphatic heterocycles. The van der Waals surface area contributed by atoms with E-state index in [1.165, 1.54) is 0 Å². The lowest BCUT2D eigenvalue weighted by atomic mass is 10.2. The molecule has 1 aromatic heterocycles. The minimum Gasteiger partial charge on any atom is -0.312 e. The van der Waals surface area contributed by atoms with Gasteiger partial charge in [-0.1, -0.05) is 17.7 Å². The van der Waals surface area contributed by atoms with Crippen molar-refractivity contribution in [1.82, 2.24) is 4.98 Å². The number of aromatic nitrogens is 1. The van der Waals surface area contributed by atoms with Crippen LogP contribution in [0, 0.1) is 0 Å². The van der Waals surface area contributed by atoms with Gasteiger partial charge in [0.1, 0.15) is 5.15 Å². The summed E-state index contributed by atoms with van der Waals surface area (Å²) in [5, 5.41) is 1.97. The van der Waals surface area contributed by atoms with Crippen molar-refractivity contribution in [2.75, 3.05) is 6.26 Å². The first-order valence-electron chi connectivity index (χ1n) is 4.08. The highest BCUT2D eigenvalue weighted by molar-refractivity contribution is 7.98. The van der Waals surface area contributed by atoms with Crippen LogP contribution in [0.25, 0.3) is 10.8 Å². The van der Waals surface area contributed by atoms with Crippen LogP contribution >= 0.6 is 23.4 Å². The molecule has 0 aliphatic rings. The standard InChI is InChI=1S/C10H8ClNOS/c1-14-8-4-2-3-6-7(8)5-9(11)12-10(6)13/h2-5H,1H3,(H,12,13). The summed E-state index contributed by atoms with van der Waals surface area (Å²) < 4.78 is 0. The zero-order valence-corrected chi connectivity index (χ0v) is 9.08. The van der Waals surface area contributed by atoms with Gasteiger partial charge in [0.05, 0.1) is 0 Å². The molecule has 0 radical (unpaired) electrons. The Balaban J connectivity index is 2.94. The van der Waals surface area contributed by atoms with Gasteiger partial charge < -0.3 is 4.98 Å². The first-order valence-corrected chi connectivity index (χ1v) is 5.68. The first kappa shape index (κ1) is 9.62. The molecule has 0 aliphatic carbocycles. The molecule has 72 valence electrons. The summed E-state index contributed by atoms with van der Waals surface area (Å²) in [7, 11) is 0. The van der Waals surface area contributed by atoms with E-state index in [2.05, 4.69) is 4.98 Å². The van der Waals surface area contributed by atoms with Crippen molar-refractivity contribution in [1.29, 1.82) is 0 Å². The van der Waals surface area contributed by atoms with Gasteiger partial charge in [0.2, 0.25) is 0 Å². The van der Waals surface area contributed by atoms with E-state index in [0.717, 1.165) is 10.3 Å². The van der Waals surface area contributed by atoms with Crippen molar-refractivity contribution < 1.29 is 0 Å². The number of benzene rings is 1. The molecule has 0 saturated heterocycles. The fourth-order valence-corrected chi connectivity index (χ4v) is 2.21. The topological polar surface area (TPSA) is 32.9 Å². The maximum Gasteiger partial charge on any atom is 0.256 e. The van der Waals surface area contributed by atoms with Crippen molar-refractivity contribution in [2.24, 2.45) is 0 Å². The zero-order valence-electron chi connectivity index (χ0n) is 7.50. The second-order valence-electron chi connectivity index (χ2n) is 2.87. The Hall–Kier alpha value is -0.930. The number of thioether (sulfide) groups is 1. The molecule has 0 saturated carbocycles. The van der Waals surface area contributed by atoms with Crippen molar-refractivity contribution in [3.8, 4) is 0 Å². The van der Waals surface area contributed by atoms with E-state index in [0.29, 0.717) is 10.5 Å². The summed E-state index contributed by atoms with van der Waals surface area (Å²) in [4.78, 5) is 15.1. The maximum atomic E-state index is 11.5. The third-order valence-electron chi connectivity index (χ3n) is 2.03. The Morgan fingerprint density at radius 3 is 2.86 bits per heavy atom. The Kier molecular flexibility index (Phi) is 2.52. The average Bonchev–Trinajstić information content (AvgIpc) is 2.17. The maximum absolute atomic E-state index is 11.5. The number of aromatic amines is 1. The lowest BCUT2D eigenvalue weighted by molar-refractivity contribution is 1.27. The SMILES string of the molecule is CSc1cccc2c(=O)[nH]c(Cl)cc12. The monoisotopic (exact) mass is 225 g/mol. The molecule has 0 bridgehead atoms. The average molecular weight is 226 g/mol. The summed E-state index contributed by atoms with van der Waals surface area (Å²) >= 11 is 7.39. The minimum absolute atomic E-state index is 0.136. The molecule has 0 unspecified atom stereocenters. The molecule has 0 fully saturated rings. The van der Waals surface area contributed by atoms with Crippen LogP contribution in [0.1, 0.15) is 0 Å². The van der Waals surface area contributed by atoms with Crippen LogP contribution in [-0.4, -0.2) is 11.2 Å². The molecule has 14 heavy (non-hydrogen) atoms. The molecule has 0 atom stereocenters. The van der Waals surface area contributed by atoms with E-state index in [9.17, 15) is 4.79 Å². The number of hydrogen-bond acceptors (Lipinski definition) is 2. The third-order valence-corrected chi connectivity index (χ3v) is 3.03. The van der Waals surface area contributed by atoms with Crippen LogP contribution in [0.15, 0.2) is 34.0 Å². The highest BCUT2D eigenvalue weighted by Crippen LogP contribution is 2.25. The lowest BCUT2D eigenvalue weighted by Gasteiger charge is -2.02. The van der Waals surface area contributed by atoms with Crippen LogP contribution in [0.3, 0.4) is 0 Å². The van der Waals surface area contributed by atoms with E-state index in [1.54, 1.807) is 23.9 Å². The van der Waals surface area contributed by atoms with Crippen molar-refractivity contribution >= 4 is 34.1 Å². The van der Waals surface area contributed by atoms with E-state index >= 15 is 0 Å². The molecular formula is C10H8ClNOS. The van der Waals surface area contributed by atoms with Crippen LogP contribution in [0.4, 0.5) is 0 Å². The van der Waals surface area contributed by atoms with Gasteiger partial charge in [-0.05, 0) is 24.5 Å². The molecule has 2 nitrogen and oxygen atoms in total. The summed E-state index contributed by atoms with van der Waals surface area (Å²) in [6.45, 7) is 0. The van der Waals surface area contributed by atoms with E-state index in [4.69, 9.17) is 11.6 Å². The molecular weight excluding hydrogens is 218 g/mol. The number of hydrogen-bond donors (Lipinski definition) is 1. The number of rotatable bonds is 1. The Bertz CT molecular complexity index is 535. The fourth-order valence-electron chi connectivity index (χ4n) is 1.41. The highest BCUT2D eigenvalue weighted by atomic mass is 35.5. The number of nitrogens with one attached hydrogen (secondary N) is 1. The predicted molar refractivity (Wildman–Crippen MR) is 61.4 cm³/mol. The van der Waals surface area contributed by atoms with Crippen LogP contribution in [-0.2, 0) is 0 Å². The van der Waals surface area contributed by atoms with Crippen LogP contribution in [0.2, 0.25) is 5.15 Å². The van der Waals surface area contributed by atoms with Gasteiger partial charge >= 0.3 is 0 Å². The normalized spacial score (nSPS) is 10.7. The Morgan fingerprint density at radius 2 is 2.14 bits per heavy atom. The molecule has 4 heteroatoms. The summed E-state index contributed by atoms with van der Waals surface area (Å²) in [6, 6.07) is 7.43. The van der Waals surface area contributed by atoms with Gasteiger partial charge in [-0.3, -0.25) is 4.79 Å². The van der Waals surface area contributed by atoms with Crippen molar-refractivity contribution in [3.63, 3.8) is 0 Å². The summed E-state index contributed by atoms with van der Waals surface area (Å²) in [6.07, 6.45) is 1.98. The van der Waals surface area contributed by atoms with Gasteiger partial charge in [0, 0.05) is 15.7 Å². The zero-order chi connectivity index (χ0) is 10.1. The third kappa shape index (κ3) is 1.53. The number of pyridine rings is 1. The van der Waals surface area contributed by atoms with E-state index < -0.39 is 0 Å². The molecule has 0 amide bonds. The quantitative estimate of drug-likeness (QED) is 0.598. The van der Waals surface area contributed by atoms with Gasteiger partial charge in [-0.2, -0.15) is 0 Å². The fraction of sp³-hybridized carbons (Fsp3) is 0.100. The van der Waals surface area contributed by atoms with E-state index in [1.807, 2.05) is 18.4 Å². The summed E-state index contributed by atoms with van der Waals surface area (Å²) in [5.74, 6) is 0. The minimum atomic E-state index is -0.136. The van der Waals surface area contributed by atoms with Gasteiger partial charge in [0.15, 0.2) is 0 Å². The molecule has 0 spiro atoms. The summed E-state index contributed by atoms with van der Waals surface area (Å²) in [5.41, 5.74) is -0.136. The number of H-pyrrole nitrogens is 1. The van der Waals surface area contributed by atoms with Crippen molar-refractivity contribution in [2.45, 2.75) is 4.90 Å². The van der Waals surface area contributed by atoms with Gasteiger partial charge in [-0.15, -0.1) is 11.8 Å². The molecule has 1 N–H and O–H groups in total. The predicted octanol–water partition coefficient (Wildman–Crippen LogP) is 2.90. The largest absolute Gasteiger partial charge is 0.312 e. The highest BCUT2D eigenvalue weighted by Gasteiger charge is 2.03. The van der Waals surface area contributed by atoms with Crippen molar-refractivity contribution in [3.05, 3.63) is 39.8 Å². The van der Waals surface area contributed by atoms with Crippen LogP contribution < -0.4 is 5.56 Å². The van der Waals surface area contributed by atoms with Crippen LogP contribution in [0.5, 0.6) is 0 Å². The van der Waals surface area contributed by atoms with Gasteiger partial charge in [0.25, 0.3) is 5.56 Å². The lowest BCUT2D eigenvalue weighted by Crippen LogP contribution is -2.05. The Morgan fingerprint density at radius 1 is 1.36 bits per heavy atom. The smallest absolute Gasteiger partial charge is 0.256 e. The van der Waals surface area contributed by atoms with E-state index in [-0.39, 0.29) is 5.56 Å². The Labute approximate surface area is 90.3 Å². The van der Waals surface area contributed by atoms with Gasteiger partial charge in [-0.25, -0.2) is 0 Å². The number of halogens is 1. The molecule has 1 aromatic carbocycles. The second-order valence-corrected chi connectivity index (χ2v) is 4.12.